The molecule has 0 unspecified atom stereocenters. The van der Waals surface area contributed by atoms with E-state index in [2.05, 4.69) is 65.6 Å². The van der Waals surface area contributed by atoms with E-state index in [1.165, 1.54) is 11.1 Å². The van der Waals surface area contributed by atoms with Crippen molar-refractivity contribution in [2.75, 3.05) is 19.0 Å². The number of aromatic nitrogens is 1. The molecule has 3 nitrogen and oxygen atoms in total. The molecule has 0 aliphatic carbocycles. The highest BCUT2D eigenvalue weighted by atomic mass is 15.2. The second-order valence-electron chi connectivity index (χ2n) is 4.90. The van der Waals surface area contributed by atoms with E-state index in [-0.39, 0.29) is 0 Å². The zero-order valence-electron chi connectivity index (χ0n) is 12.1. The zero-order valence-corrected chi connectivity index (χ0v) is 12.1. The first-order valence-corrected chi connectivity index (χ1v) is 6.52. The first-order valence-electron chi connectivity index (χ1n) is 6.52. The number of benzene rings is 1. The maximum Gasteiger partial charge on any atom is 0.133 e. The summed E-state index contributed by atoms with van der Waals surface area (Å²) in [5.74, 6) is 0.981. The molecular formula is C16H21N3. The number of hydrogen-bond acceptors (Lipinski definition) is 3. The lowest BCUT2D eigenvalue weighted by Crippen LogP contribution is -2.13. The molecule has 0 saturated carbocycles. The molecule has 0 atom stereocenters. The summed E-state index contributed by atoms with van der Waals surface area (Å²) in [4.78, 5) is 6.73. The van der Waals surface area contributed by atoms with Gasteiger partial charge in [0.1, 0.15) is 5.82 Å². The van der Waals surface area contributed by atoms with Crippen LogP contribution >= 0.6 is 0 Å². The fraction of sp³-hybridized carbons (Fsp3) is 0.312. The Bertz CT molecular complexity index is 546. The molecule has 0 amide bonds. The third kappa shape index (κ3) is 3.32. The van der Waals surface area contributed by atoms with E-state index in [0.29, 0.717) is 0 Å². The van der Waals surface area contributed by atoms with Gasteiger partial charge in [-0.3, -0.25) is 0 Å². The van der Waals surface area contributed by atoms with Crippen LogP contribution in [-0.4, -0.2) is 19.1 Å². The second kappa shape index (κ2) is 5.85. The third-order valence-corrected chi connectivity index (χ3v) is 3.15. The lowest BCUT2D eigenvalue weighted by Gasteiger charge is -2.20. The average Bonchev–Trinajstić information content (AvgIpc) is 2.38. The highest BCUT2D eigenvalue weighted by Gasteiger charge is 2.07. The number of hydrogen-bond donors (Lipinski definition) is 1. The van der Waals surface area contributed by atoms with Gasteiger partial charge in [-0.1, -0.05) is 17.7 Å². The molecule has 0 spiro atoms. The summed E-state index contributed by atoms with van der Waals surface area (Å²) in [6, 6.07) is 12.7. The molecule has 1 heterocycles. The smallest absolute Gasteiger partial charge is 0.133 e. The molecule has 19 heavy (non-hydrogen) atoms. The van der Waals surface area contributed by atoms with Crippen LogP contribution in [0.2, 0.25) is 0 Å². The summed E-state index contributed by atoms with van der Waals surface area (Å²) < 4.78 is 0. The van der Waals surface area contributed by atoms with E-state index in [4.69, 9.17) is 0 Å². The molecule has 0 aliphatic rings. The molecule has 0 bridgehead atoms. The Balaban J connectivity index is 2.32. The summed E-state index contributed by atoms with van der Waals surface area (Å²) >= 11 is 0. The zero-order chi connectivity index (χ0) is 13.8. The van der Waals surface area contributed by atoms with Crippen molar-refractivity contribution in [1.82, 2.24) is 10.3 Å². The first kappa shape index (κ1) is 13.6. The molecule has 1 aromatic heterocycles. The normalized spacial score (nSPS) is 10.5. The lowest BCUT2D eigenvalue weighted by molar-refractivity contribution is 0.813. The Hall–Kier alpha value is -1.87. The minimum Gasteiger partial charge on any atom is -0.329 e. The van der Waals surface area contributed by atoms with Gasteiger partial charge in [-0.05, 0) is 50.7 Å². The highest BCUT2D eigenvalue weighted by molar-refractivity contribution is 5.60. The second-order valence-corrected chi connectivity index (χ2v) is 4.90. The van der Waals surface area contributed by atoms with Crippen LogP contribution in [0.25, 0.3) is 0 Å². The Morgan fingerprint density at radius 2 is 1.79 bits per heavy atom. The van der Waals surface area contributed by atoms with Crippen LogP contribution in [0.4, 0.5) is 11.5 Å². The summed E-state index contributed by atoms with van der Waals surface area (Å²) in [5, 5.41) is 3.18. The quantitative estimate of drug-likeness (QED) is 0.909. The fourth-order valence-electron chi connectivity index (χ4n) is 2.10. The van der Waals surface area contributed by atoms with E-state index < -0.39 is 0 Å². The number of nitrogens with one attached hydrogen (secondary N) is 1. The van der Waals surface area contributed by atoms with Crippen LogP contribution in [0.5, 0.6) is 0 Å². The van der Waals surface area contributed by atoms with Gasteiger partial charge in [-0.25, -0.2) is 4.98 Å². The average molecular weight is 255 g/mol. The number of aryl methyl sites for hydroxylation is 2. The number of anilines is 2. The van der Waals surface area contributed by atoms with Gasteiger partial charge in [-0.15, -0.1) is 0 Å². The predicted molar refractivity (Wildman–Crippen MR) is 81.0 cm³/mol. The number of nitrogens with zero attached hydrogens (tertiary/aromatic N) is 2. The van der Waals surface area contributed by atoms with Gasteiger partial charge in [0.15, 0.2) is 0 Å². The Kier molecular flexibility index (Phi) is 4.17. The first-order chi connectivity index (χ1) is 9.10. The Morgan fingerprint density at radius 1 is 1.11 bits per heavy atom. The van der Waals surface area contributed by atoms with E-state index in [9.17, 15) is 0 Å². The van der Waals surface area contributed by atoms with E-state index in [1.807, 2.05) is 14.0 Å². The third-order valence-electron chi connectivity index (χ3n) is 3.15. The van der Waals surface area contributed by atoms with Gasteiger partial charge in [0.05, 0.1) is 0 Å². The van der Waals surface area contributed by atoms with Gasteiger partial charge in [-0.2, -0.15) is 0 Å². The molecule has 1 N–H and O–H groups in total. The summed E-state index contributed by atoms with van der Waals surface area (Å²) in [5.41, 5.74) is 4.72. The molecule has 1 aromatic carbocycles. The van der Waals surface area contributed by atoms with Crippen molar-refractivity contribution < 1.29 is 0 Å². The van der Waals surface area contributed by atoms with Crippen LogP contribution in [0.15, 0.2) is 36.4 Å². The molecule has 0 fully saturated rings. The maximum absolute atomic E-state index is 4.61. The standard InChI is InChI=1S/C16H21N3/c1-12-5-7-15(8-6-12)19(4)16-10-14(11-17-3)9-13(2)18-16/h5-10,17H,11H2,1-4H3. The summed E-state index contributed by atoms with van der Waals surface area (Å²) in [7, 11) is 4.01. The molecule has 2 aromatic rings. The van der Waals surface area contributed by atoms with Crippen molar-refractivity contribution in [2.45, 2.75) is 20.4 Å². The molecule has 0 aliphatic heterocycles. The van der Waals surface area contributed by atoms with Gasteiger partial charge in [0.2, 0.25) is 0 Å². The topological polar surface area (TPSA) is 28.2 Å². The van der Waals surface area contributed by atoms with Crippen LogP contribution in [0.3, 0.4) is 0 Å². The summed E-state index contributed by atoms with van der Waals surface area (Å²) in [6.07, 6.45) is 0. The van der Waals surface area contributed by atoms with Gasteiger partial charge >= 0.3 is 0 Å². The van der Waals surface area contributed by atoms with Crippen molar-refractivity contribution in [1.29, 1.82) is 0 Å². The van der Waals surface area contributed by atoms with Crippen LogP contribution in [-0.2, 0) is 6.54 Å². The van der Waals surface area contributed by atoms with Crippen molar-refractivity contribution >= 4 is 11.5 Å². The number of rotatable bonds is 4. The predicted octanol–water partition coefficient (Wildman–Crippen LogP) is 3.19. The van der Waals surface area contributed by atoms with E-state index >= 15 is 0 Å². The largest absolute Gasteiger partial charge is 0.329 e. The van der Waals surface area contributed by atoms with Crippen molar-refractivity contribution in [3.63, 3.8) is 0 Å². The van der Waals surface area contributed by atoms with Crippen LogP contribution in [0, 0.1) is 13.8 Å². The lowest BCUT2D eigenvalue weighted by atomic mass is 10.2. The minimum atomic E-state index is 0.859. The SMILES string of the molecule is CNCc1cc(C)nc(N(C)c2ccc(C)cc2)c1. The minimum absolute atomic E-state index is 0.859. The van der Waals surface area contributed by atoms with Gasteiger partial charge < -0.3 is 10.2 Å². The molecule has 3 heteroatoms. The van der Waals surface area contributed by atoms with Gasteiger partial charge in [0.25, 0.3) is 0 Å². The van der Waals surface area contributed by atoms with E-state index in [1.54, 1.807) is 0 Å². The molecule has 2 rings (SSSR count). The fourth-order valence-corrected chi connectivity index (χ4v) is 2.10. The van der Waals surface area contributed by atoms with E-state index in [0.717, 1.165) is 23.7 Å². The maximum atomic E-state index is 4.61. The Morgan fingerprint density at radius 3 is 2.42 bits per heavy atom. The van der Waals surface area contributed by atoms with Crippen LogP contribution in [0.1, 0.15) is 16.8 Å². The van der Waals surface area contributed by atoms with Crippen molar-refractivity contribution in [3.05, 3.63) is 53.2 Å². The highest BCUT2D eigenvalue weighted by Crippen LogP contribution is 2.23. The monoisotopic (exact) mass is 255 g/mol. The van der Waals surface area contributed by atoms with Gasteiger partial charge in [0, 0.05) is 25.0 Å². The summed E-state index contributed by atoms with van der Waals surface area (Å²) in [6.45, 7) is 4.99. The molecule has 0 radical (unpaired) electrons. The molecule has 0 saturated heterocycles. The van der Waals surface area contributed by atoms with Crippen molar-refractivity contribution in [3.8, 4) is 0 Å². The Labute approximate surface area is 115 Å². The molecule has 100 valence electrons. The molecular weight excluding hydrogens is 234 g/mol. The van der Waals surface area contributed by atoms with Crippen molar-refractivity contribution in [2.24, 2.45) is 0 Å². The van der Waals surface area contributed by atoms with Crippen LogP contribution < -0.4 is 10.2 Å². The number of pyridine rings is 1.